The second-order valence-electron chi connectivity index (χ2n) is 7.13. The predicted octanol–water partition coefficient (Wildman–Crippen LogP) is 4.71. The number of carbonyl (C=O) groups excluding carboxylic acids is 2. The highest BCUT2D eigenvalue weighted by Crippen LogP contribution is 2.23. The van der Waals surface area contributed by atoms with E-state index in [4.69, 9.17) is 9.47 Å². The highest BCUT2D eigenvalue weighted by molar-refractivity contribution is 5.75. The van der Waals surface area contributed by atoms with Crippen molar-refractivity contribution < 1.29 is 19.1 Å². The lowest BCUT2D eigenvalue weighted by Crippen LogP contribution is -2.36. The minimum atomic E-state index is -0.526. The van der Waals surface area contributed by atoms with Gasteiger partial charge in [-0.05, 0) is 39.5 Å². The van der Waals surface area contributed by atoms with Crippen LogP contribution >= 0.6 is 0 Å². The van der Waals surface area contributed by atoms with Gasteiger partial charge in [-0.25, -0.2) is 4.79 Å². The highest BCUT2D eigenvalue weighted by atomic mass is 16.6. The third-order valence-electron chi connectivity index (χ3n) is 2.49. The third-order valence-corrected chi connectivity index (χ3v) is 2.49. The van der Waals surface area contributed by atoms with Gasteiger partial charge in [-0.15, -0.1) is 6.58 Å². The van der Waals surface area contributed by atoms with E-state index in [0.717, 1.165) is 5.92 Å². The molecule has 0 aliphatic carbocycles. The van der Waals surface area contributed by atoms with Gasteiger partial charge >= 0.3 is 12.1 Å². The van der Waals surface area contributed by atoms with E-state index in [1.807, 2.05) is 13.8 Å². The summed E-state index contributed by atoms with van der Waals surface area (Å²) < 4.78 is 10.2. The van der Waals surface area contributed by atoms with Gasteiger partial charge in [-0.2, -0.15) is 0 Å². The molecule has 0 spiro atoms. The Labute approximate surface area is 148 Å². The Bertz CT molecular complexity index is 369. The lowest BCUT2D eigenvalue weighted by atomic mass is 10.0. The first kappa shape index (κ1) is 24.7. The van der Waals surface area contributed by atoms with Crippen LogP contribution in [0.2, 0.25) is 0 Å². The van der Waals surface area contributed by atoms with Gasteiger partial charge in [0.05, 0.1) is 12.5 Å². The summed E-state index contributed by atoms with van der Waals surface area (Å²) in [4.78, 5) is 22.8. The van der Waals surface area contributed by atoms with Crippen molar-refractivity contribution in [1.29, 1.82) is 0 Å². The average molecular weight is 344 g/mol. The average Bonchev–Trinajstić information content (AvgIpc) is 2.77. The molecule has 1 aliphatic rings. The molecule has 1 saturated heterocycles. The largest absolute Gasteiger partial charge is 0.460 e. The van der Waals surface area contributed by atoms with Crippen LogP contribution < -0.4 is 5.32 Å². The summed E-state index contributed by atoms with van der Waals surface area (Å²) in [6.45, 7) is 19.8. The fourth-order valence-electron chi connectivity index (χ4n) is 1.75. The van der Waals surface area contributed by atoms with Crippen molar-refractivity contribution in [3.05, 3.63) is 12.7 Å². The van der Waals surface area contributed by atoms with Crippen molar-refractivity contribution in [2.45, 2.75) is 79.9 Å². The lowest BCUT2D eigenvalue weighted by molar-refractivity contribution is -0.144. The van der Waals surface area contributed by atoms with Gasteiger partial charge in [0.25, 0.3) is 0 Å². The van der Waals surface area contributed by atoms with E-state index in [-0.39, 0.29) is 24.5 Å². The van der Waals surface area contributed by atoms with E-state index in [0.29, 0.717) is 12.8 Å². The Morgan fingerprint density at radius 3 is 2.29 bits per heavy atom. The molecule has 5 nitrogen and oxygen atoms in total. The molecule has 1 fully saturated rings. The van der Waals surface area contributed by atoms with Crippen molar-refractivity contribution in [3.63, 3.8) is 0 Å². The fraction of sp³-hybridized carbons (Fsp3) is 0.789. The molecule has 2 unspecified atom stereocenters. The van der Waals surface area contributed by atoms with Crippen molar-refractivity contribution in [1.82, 2.24) is 5.32 Å². The molecular formula is C19H37NO4. The number of amides is 1. The molecule has 0 aromatic carbocycles. The molecule has 2 atom stereocenters. The molecule has 1 amide bonds. The molecule has 142 valence electrons. The Morgan fingerprint density at radius 2 is 1.88 bits per heavy atom. The van der Waals surface area contributed by atoms with Gasteiger partial charge in [0.1, 0.15) is 11.7 Å². The van der Waals surface area contributed by atoms with Crippen molar-refractivity contribution >= 4 is 12.1 Å². The standard InChI is InChI=1S/C13H21NO4.C4H10.C2H6/c1-5-6-9-7-10(17-11(9)15)8-14-12(16)18-13(2,3)4;1-4(2)3;1-2/h5,9-10H,1,6-8H2,2-4H3,(H,14,16);4H,1-3H3;1-2H3. The van der Waals surface area contributed by atoms with Gasteiger partial charge < -0.3 is 14.8 Å². The first-order valence-corrected chi connectivity index (χ1v) is 8.83. The second-order valence-corrected chi connectivity index (χ2v) is 7.13. The van der Waals surface area contributed by atoms with Crippen LogP contribution in [0, 0.1) is 11.8 Å². The number of alkyl carbamates (subject to hydrolysis) is 1. The van der Waals surface area contributed by atoms with E-state index in [9.17, 15) is 9.59 Å². The Morgan fingerprint density at radius 1 is 1.38 bits per heavy atom. The van der Waals surface area contributed by atoms with Crippen molar-refractivity contribution in [2.75, 3.05) is 6.54 Å². The summed E-state index contributed by atoms with van der Waals surface area (Å²) in [6, 6.07) is 0. The van der Waals surface area contributed by atoms with E-state index in [1.165, 1.54) is 0 Å². The number of cyclic esters (lactones) is 1. The van der Waals surface area contributed by atoms with Crippen LogP contribution in [0.1, 0.15) is 68.2 Å². The smallest absolute Gasteiger partial charge is 0.407 e. The van der Waals surface area contributed by atoms with Crippen LogP contribution in [0.3, 0.4) is 0 Å². The van der Waals surface area contributed by atoms with Crippen molar-refractivity contribution in [2.24, 2.45) is 11.8 Å². The van der Waals surface area contributed by atoms with Crippen LogP contribution in [0.15, 0.2) is 12.7 Å². The number of allylic oxidation sites excluding steroid dienone is 1. The Kier molecular flexibility index (Phi) is 13.2. The van der Waals surface area contributed by atoms with Crippen LogP contribution in [0.5, 0.6) is 0 Å². The molecule has 5 heteroatoms. The first-order valence-electron chi connectivity index (χ1n) is 8.83. The summed E-state index contributed by atoms with van der Waals surface area (Å²) in [7, 11) is 0. The zero-order chi connectivity index (χ0) is 19.3. The minimum Gasteiger partial charge on any atom is -0.460 e. The van der Waals surface area contributed by atoms with E-state index in [1.54, 1.807) is 26.8 Å². The van der Waals surface area contributed by atoms with Crippen LogP contribution in [0.4, 0.5) is 4.79 Å². The zero-order valence-corrected chi connectivity index (χ0v) is 16.8. The molecule has 0 aromatic heterocycles. The Balaban J connectivity index is 0. The van der Waals surface area contributed by atoms with Crippen molar-refractivity contribution in [3.8, 4) is 0 Å². The lowest BCUT2D eigenvalue weighted by Gasteiger charge is -2.20. The molecule has 0 saturated carbocycles. The normalized spacial score (nSPS) is 19.3. The molecule has 1 rings (SSSR count). The van der Waals surface area contributed by atoms with Gasteiger partial charge in [-0.3, -0.25) is 4.79 Å². The van der Waals surface area contributed by atoms with E-state index >= 15 is 0 Å². The molecule has 0 bridgehead atoms. The number of ether oxygens (including phenoxy) is 2. The summed E-state index contributed by atoms with van der Waals surface area (Å²) >= 11 is 0. The van der Waals surface area contributed by atoms with Crippen LogP contribution in [-0.4, -0.2) is 30.3 Å². The third kappa shape index (κ3) is 14.1. The predicted molar refractivity (Wildman–Crippen MR) is 98.9 cm³/mol. The molecule has 0 radical (unpaired) electrons. The number of hydrogen-bond acceptors (Lipinski definition) is 4. The van der Waals surface area contributed by atoms with E-state index in [2.05, 4.69) is 32.7 Å². The number of nitrogens with one attached hydrogen (secondary N) is 1. The number of rotatable bonds is 4. The summed E-state index contributed by atoms with van der Waals surface area (Å²) in [5.41, 5.74) is -0.526. The summed E-state index contributed by atoms with van der Waals surface area (Å²) in [5.74, 6) is 0.485. The zero-order valence-electron chi connectivity index (χ0n) is 16.8. The maximum absolute atomic E-state index is 11.4. The molecule has 0 aromatic rings. The topological polar surface area (TPSA) is 64.6 Å². The number of carbonyl (C=O) groups is 2. The SMILES string of the molecule is C=CCC1CC(CNC(=O)OC(C)(C)C)OC1=O.CC.CC(C)C. The molecular weight excluding hydrogens is 306 g/mol. The molecule has 1 heterocycles. The van der Waals surface area contributed by atoms with Gasteiger partial charge in [0.15, 0.2) is 0 Å². The Hall–Kier alpha value is -1.52. The summed E-state index contributed by atoms with van der Waals surface area (Å²) in [6.07, 6.45) is 2.17. The maximum atomic E-state index is 11.4. The molecule has 24 heavy (non-hydrogen) atoms. The number of esters is 1. The van der Waals surface area contributed by atoms with E-state index < -0.39 is 11.7 Å². The highest BCUT2D eigenvalue weighted by Gasteiger charge is 2.33. The van der Waals surface area contributed by atoms with Gasteiger partial charge in [0.2, 0.25) is 0 Å². The first-order chi connectivity index (χ1) is 11.0. The van der Waals surface area contributed by atoms with Crippen LogP contribution in [0.25, 0.3) is 0 Å². The monoisotopic (exact) mass is 343 g/mol. The maximum Gasteiger partial charge on any atom is 0.407 e. The molecule has 1 N–H and O–H groups in total. The fourth-order valence-corrected chi connectivity index (χ4v) is 1.75. The quantitative estimate of drug-likeness (QED) is 0.593. The van der Waals surface area contributed by atoms with Gasteiger partial charge in [-0.1, -0.05) is 40.7 Å². The number of hydrogen-bond donors (Lipinski definition) is 1. The minimum absolute atomic E-state index is 0.132. The second kappa shape index (κ2) is 12.8. The van der Waals surface area contributed by atoms with Crippen LogP contribution in [-0.2, 0) is 14.3 Å². The van der Waals surface area contributed by atoms with Gasteiger partial charge in [0, 0.05) is 0 Å². The summed E-state index contributed by atoms with van der Waals surface area (Å²) in [5, 5.41) is 2.60. The molecule has 1 aliphatic heterocycles.